The molecule has 1 saturated heterocycles. The molecule has 0 aliphatic carbocycles. The van der Waals surface area contributed by atoms with Gasteiger partial charge in [-0.1, -0.05) is 5.16 Å². The molecule has 0 radical (unpaired) electrons. The molecular formula is C14H19N3O3. The summed E-state index contributed by atoms with van der Waals surface area (Å²) < 4.78 is 15.8. The Morgan fingerprint density at radius 2 is 2.35 bits per heavy atom. The van der Waals surface area contributed by atoms with Gasteiger partial charge in [-0.2, -0.15) is 4.98 Å². The van der Waals surface area contributed by atoms with Crippen LogP contribution in [0.1, 0.15) is 23.2 Å². The van der Waals surface area contributed by atoms with Crippen LogP contribution in [0.15, 0.2) is 27.5 Å². The second kappa shape index (κ2) is 5.76. The zero-order valence-corrected chi connectivity index (χ0v) is 11.8. The first-order valence-electron chi connectivity index (χ1n) is 6.79. The number of likely N-dealkylation sites (tertiary alicyclic amines) is 1. The van der Waals surface area contributed by atoms with E-state index in [0.717, 1.165) is 25.5 Å². The first-order valence-corrected chi connectivity index (χ1v) is 6.79. The van der Waals surface area contributed by atoms with E-state index in [9.17, 15) is 0 Å². The van der Waals surface area contributed by atoms with Crippen LogP contribution in [0.4, 0.5) is 0 Å². The van der Waals surface area contributed by atoms with Gasteiger partial charge in [0.1, 0.15) is 0 Å². The zero-order chi connectivity index (χ0) is 13.9. The Morgan fingerprint density at radius 1 is 1.45 bits per heavy atom. The fourth-order valence-corrected chi connectivity index (χ4v) is 2.86. The van der Waals surface area contributed by atoms with Crippen molar-refractivity contribution in [3.63, 3.8) is 0 Å². The SMILES string of the molecule is COC[C@@H]1CN(Cc2ccoc2)C[C@H]1c1nc(C)no1. The Kier molecular flexibility index (Phi) is 3.84. The van der Waals surface area contributed by atoms with Crippen LogP contribution >= 0.6 is 0 Å². The second-order valence-electron chi connectivity index (χ2n) is 5.33. The number of furan rings is 1. The largest absolute Gasteiger partial charge is 0.472 e. The Hall–Kier alpha value is -1.66. The minimum atomic E-state index is 0.239. The molecule has 2 aromatic rings. The van der Waals surface area contributed by atoms with Crippen molar-refractivity contribution in [3.05, 3.63) is 35.9 Å². The van der Waals surface area contributed by atoms with Gasteiger partial charge in [0.15, 0.2) is 5.82 Å². The molecule has 0 spiro atoms. The Balaban J connectivity index is 1.71. The van der Waals surface area contributed by atoms with E-state index in [4.69, 9.17) is 13.7 Å². The summed E-state index contributed by atoms with van der Waals surface area (Å²) in [5.41, 5.74) is 1.18. The standard InChI is InChI=1S/C14H19N3O3/c1-10-15-14(20-16-10)13-7-17(6-12(13)9-18-2)5-11-3-4-19-8-11/h3-4,8,12-13H,5-7,9H2,1-2H3/t12-,13+/m0/s1. The van der Waals surface area contributed by atoms with Crippen LogP contribution in [0.5, 0.6) is 0 Å². The molecule has 2 atom stereocenters. The minimum Gasteiger partial charge on any atom is -0.472 e. The predicted octanol–water partition coefficient (Wildman–Crippen LogP) is 1.83. The van der Waals surface area contributed by atoms with Crippen LogP contribution in [-0.4, -0.2) is 41.8 Å². The molecule has 1 fully saturated rings. The smallest absolute Gasteiger partial charge is 0.231 e. The van der Waals surface area contributed by atoms with Crippen molar-refractivity contribution in [2.75, 3.05) is 26.8 Å². The van der Waals surface area contributed by atoms with Crippen LogP contribution in [0.2, 0.25) is 0 Å². The average molecular weight is 277 g/mol. The lowest BCUT2D eigenvalue weighted by Crippen LogP contribution is -2.20. The third-order valence-electron chi connectivity index (χ3n) is 3.74. The van der Waals surface area contributed by atoms with E-state index < -0.39 is 0 Å². The van der Waals surface area contributed by atoms with Crippen molar-refractivity contribution < 1.29 is 13.7 Å². The van der Waals surface area contributed by atoms with Gasteiger partial charge >= 0.3 is 0 Å². The first-order chi connectivity index (χ1) is 9.76. The lowest BCUT2D eigenvalue weighted by Gasteiger charge is -2.14. The van der Waals surface area contributed by atoms with Gasteiger partial charge in [0.25, 0.3) is 0 Å². The van der Waals surface area contributed by atoms with Gasteiger partial charge in [-0.3, -0.25) is 4.90 Å². The second-order valence-corrected chi connectivity index (χ2v) is 5.33. The number of aryl methyl sites for hydroxylation is 1. The maximum Gasteiger partial charge on any atom is 0.231 e. The van der Waals surface area contributed by atoms with E-state index in [0.29, 0.717) is 18.3 Å². The van der Waals surface area contributed by atoms with Crippen LogP contribution in [0, 0.1) is 12.8 Å². The van der Waals surface area contributed by atoms with Gasteiger partial charge in [0.2, 0.25) is 5.89 Å². The number of aromatic nitrogens is 2. The van der Waals surface area contributed by atoms with Crippen molar-refractivity contribution in [2.45, 2.75) is 19.4 Å². The summed E-state index contributed by atoms with van der Waals surface area (Å²) in [6.07, 6.45) is 3.49. The summed E-state index contributed by atoms with van der Waals surface area (Å²) in [5, 5.41) is 3.90. The summed E-state index contributed by atoms with van der Waals surface area (Å²) in [5.74, 6) is 2.03. The summed E-state index contributed by atoms with van der Waals surface area (Å²) in [7, 11) is 1.73. The summed E-state index contributed by atoms with van der Waals surface area (Å²) in [6, 6.07) is 2.00. The average Bonchev–Trinajstić information content (AvgIpc) is 3.12. The highest BCUT2D eigenvalue weighted by Gasteiger charge is 2.37. The Labute approximate surface area is 117 Å². The lowest BCUT2D eigenvalue weighted by atomic mass is 9.97. The molecule has 1 aliphatic rings. The molecule has 0 aromatic carbocycles. The van der Waals surface area contributed by atoms with E-state index in [-0.39, 0.29) is 5.92 Å². The highest BCUT2D eigenvalue weighted by molar-refractivity contribution is 5.08. The van der Waals surface area contributed by atoms with Gasteiger partial charge in [-0.05, 0) is 13.0 Å². The van der Waals surface area contributed by atoms with E-state index in [1.54, 1.807) is 19.6 Å². The highest BCUT2D eigenvalue weighted by Crippen LogP contribution is 2.32. The van der Waals surface area contributed by atoms with Crippen LogP contribution in [0.25, 0.3) is 0 Å². The molecule has 6 heteroatoms. The topological polar surface area (TPSA) is 64.5 Å². The van der Waals surface area contributed by atoms with Crippen molar-refractivity contribution in [3.8, 4) is 0 Å². The molecule has 0 N–H and O–H groups in total. The first kappa shape index (κ1) is 13.3. The highest BCUT2D eigenvalue weighted by atomic mass is 16.5. The van der Waals surface area contributed by atoms with Gasteiger partial charge in [0, 0.05) is 38.2 Å². The maximum absolute atomic E-state index is 5.35. The Morgan fingerprint density at radius 3 is 3.00 bits per heavy atom. The molecule has 3 heterocycles. The van der Waals surface area contributed by atoms with Gasteiger partial charge < -0.3 is 13.7 Å². The van der Waals surface area contributed by atoms with Gasteiger partial charge in [-0.15, -0.1) is 0 Å². The summed E-state index contributed by atoms with van der Waals surface area (Å²) >= 11 is 0. The fourth-order valence-electron chi connectivity index (χ4n) is 2.86. The van der Waals surface area contributed by atoms with Crippen LogP contribution < -0.4 is 0 Å². The number of rotatable bonds is 5. The summed E-state index contributed by atoms with van der Waals surface area (Å²) in [4.78, 5) is 6.75. The third kappa shape index (κ3) is 2.76. The van der Waals surface area contributed by atoms with Crippen molar-refractivity contribution in [1.29, 1.82) is 0 Å². The molecule has 20 heavy (non-hydrogen) atoms. The number of hydrogen-bond acceptors (Lipinski definition) is 6. The molecule has 0 amide bonds. The van der Waals surface area contributed by atoms with Crippen LogP contribution in [-0.2, 0) is 11.3 Å². The molecule has 6 nitrogen and oxygen atoms in total. The third-order valence-corrected chi connectivity index (χ3v) is 3.74. The minimum absolute atomic E-state index is 0.239. The molecule has 3 rings (SSSR count). The van der Waals surface area contributed by atoms with Gasteiger partial charge in [0.05, 0.1) is 25.1 Å². The van der Waals surface area contributed by atoms with Crippen molar-refractivity contribution in [1.82, 2.24) is 15.0 Å². The van der Waals surface area contributed by atoms with E-state index in [1.807, 2.05) is 13.0 Å². The molecule has 108 valence electrons. The summed E-state index contributed by atoms with van der Waals surface area (Å²) in [6.45, 7) is 5.29. The number of ether oxygens (including phenoxy) is 1. The van der Waals surface area contributed by atoms with Crippen molar-refractivity contribution in [2.24, 2.45) is 5.92 Å². The number of nitrogens with zero attached hydrogens (tertiary/aromatic N) is 3. The fraction of sp³-hybridized carbons (Fsp3) is 0.571. The quantitative estimate of drug-likeness (QED) is 0.830. The monoisotopic (exact) mass is 277 g/mol. The molecule has 0 saturated carbocycles. The zero-order valence-electron chi connectivity index (χ0n) is 11.8. The van der Waals surface area contributed by atoms with E-state index in [2.05, 4.69) is 15.0 Å². The van der Waals surface area contributed by atoms with E-state index in [1.165, 1.54) is 5.56 Å². The molecule has 0 unspecified atom stereocenters. The van der Waals surface area contributed by atoms with Crippen LogP contribution in [0.3, 0.4) is 0 Å². The Bertz CT molecular complexity index is 538. The molecule has 0 bridgehead atoms. The van der Waals surface area contributed by atoms with Crippen molar-refractivity contribution >= 4 is 0 Å². The lowest BCUT2D eigenvalue weighted by molar-refractivity contribution is 0.142. The molecular weight excluding hydrogens is 258 g/mol. The number of hydrogen-bond donors (Lipinski definition) is 0. The maximum atomic E-state index is 5.35. The van der Waals surface area contributed by atoms with Gasteiger partial charge in [-0.25, -0.2) is 0 Å². The normalized spacial score (nSPS) is 23.5. The molecule has 1 aliphatic heterocycles. The van der Waals surface area contributed by atoms with E-state index >= 15 is 0 Å². The number of methoxy groups -OCH3 is 1. The molecule has 2 aromatic heterocycles. The predicted molar refractivity (Wildman–Crippen MR) is 71.1 cm³/mol.